The first-order valence-corrected chi connectivity index (χ1v) is 6.23. The van der Waals surface area contributed by atoms with Gasteiger partial charge in [0.25, 0.3) is 0 Å². The Bertz CT molecular complexity index is 328. The molecule has 2 heteroatoms. The average molecular weight is 222 g/mol. The summed E-state index contributed by atoms with van der Waals surface area (Å²) in [6.07, 6.45) is 2.19. The molecule has 3 fully saturated rings. The fourth-order valence-electron chi connectivity index (χ4n) is 3.08. The van der Waals surface area contributed by atoms with Gasteiger partial charge in [0.1, 0.15) is 6.10 Å². The largest absolute Gasteiger partial charge is 0.458 e. The van der Waals surface area contributed by atoms with E-state index in [2.05, 4.69) is 20.4 Å². The van der Waals surface area contributed by atoms with Crippen LogP contribution in [0.15, 0.2) is 12.2 Å². The molecule has 0 aromatic heterocycles. The SMILES string of the molecule is C=C1C(OC(=O)C(C)C)CC2CC1C2(C)C. The first-order valence-electron chi connectivity index (χ1n) is 6.23. The summed E-state index contributed by atoms with van der Waals surface area (Å²) < 4.78 is 5.52. The van der Waals surface area contributed by atoms with Gasteiger partial charge < -0.3 is 4.74 Å². The Kier molecular flexibility index (Phi) is 2.64. The minimum absolute atomic E-state index is 0.0216. The van der Waals surface area contributed by atoms with Gasteiger partial charge in [-0.3, -0.25) is 4.79 Å². The van der Waals surface area contributed by atoms with Crippen molar-refractivity contribution >= 4 is 5.97 Å². The minimum Gasteiger partial charge on any atom is -0.458 e. The second kappa shape index (κ2) is 3.61. The zero-order valence-electron chi connectivity index (χ0n) is 10.7. The van der Waals surface area contributed by atoms with Crippen LogP contribution in [0.3, 0.4) is 0 Å². The molecule has 0 saturated heterocycles. The van der Waals surface area contributed by atoms with Crippen LogP contribution >= 0.6 is 0 Å². The standard InChI is InChI=1S/C14H22O2/c1-8(2)13(15)16-12-7-10-6-11(9(12)3)14(10,4)5/h8,10-12H,3,6-7H2,1-2,4-5H3. The van der Waals surface area contributed by atoms with Crippen LogP contribution in [0.4, 0.5) is 0 Å². The lowest BCUT2D eigenvalue weighted by molar-refractivity contribution is -0.160. The third kappa shape index (κ3) is 1.59. The molecular weight excluding hydrogens is 200 g/mol. The molecule has 0 heterocycles. The van der Waals surface area contributed by atoms with Crippen molar-refractivity contribution < 1.29 is 9.53 Å². The molecule has 0 spiro atoms. The number of esters is 1. The van der Waals surface area contributed by atoms with Gasteiger partial charge in [0.05, 0.1) is 5.92 Å². The maximum atomic E-state index is 11.6. The van der Waals surface area contributed by atoms with Crippen molar-refractivity contribution in [3.05, 3.63) is 12.2 Å². The number of carbonyl (C=O) groups is 1. The molecule has 0 aromatic rings. The quantitative estimate of drug-likeness (QED) is 0.530. The zero-order valence-corrected chi connectivity index (χ0v) is 10.7. The normalized spacial score (nSPS) is 35.8. The van der Waals surface area contributed by atoms with Gasteiger partial charge in [-0.25, -0.2) is 0 Å². The van der Waals surface area contributed by atoms with Crippen LogP contribution in [-0.4, -0.2) is 12.1 Å². The highest BCUT2D eigenvalue weighted by Gasteiger charge is 2.55. The van der Waals surface area contributed by atoms with Gasteiger partial charge in [0.15, 0.2) is 0 Å². The molecule has 90 valence electrons. The van der Waals surface area contributed by atoms with E-state index in [-0.39, 0.29) is 18.0 Å². The minimum atomic E-state index is -0.0924. The molecule has 0 amide bonds. The van der Waals surface area contributed by atoms with Gasteiger partial charge in [-0.05, 0) is 35.7 Å². The molecule has 2 nitrogen and oxygen atoms in total. The summed E-state index contributed by atoms with van der Waals surface area (Å²) in [6.45, 7) is 12.5. The maximum absolute atomic E-state index is 11.6. The first kappa shape index (κ1) is 11.7. The Morgan fingerprint density at radius 2 is 2.06 bits per heavy atom. The average Bonchev–Trinajstić information content (AvgIpc) is 2.19. The molecule has 3 aliphatic rings. The lowest BCUT2D eigenvalue weighted by Crippen LogP contribution is -2.54. The first-order chi connectivity index (χ1) is 7.34. The molecule has 16 heavy (non-hydrogen) atoms. The number of fused-ring (bicyclic) bond motifs is 2. The Morgan fingerprint density at radius 1 is 1.44 bits per heavy atom. The smallest absolute Gasteiger partial charge is 0.308 e. The molecule has 0 aromatic carbocycles. The van der Waals surface area contributed by atoms with Crippen LogP contribution in [0.1, 0.15) is 40.5 Å². The van der Waals surface area contributed by atoms with E-state index >= 15 is 0 Å². The number of hydrogen-bond acceptors (Lipinski definition) is 2. The highest BCUT2D eigenvalue weighted by atomic mass is 16.5. The topological polar surface area (TPSA) is 26.3 Å². The third-order valence-corrected chi connectivity index (χ3v) is 4.56. The molecule has 3 saturated carbocycles. The summed E-state index contributed by atoms with van der Waals surface area (Å²) in [6, 6.07) is 0. The summed E-state index contributed by atoms with van der Waals surface area (Å²) in [7, 11) is 0. The second-order valence-electron chi connectivity index (χ2n) is 6.20. The van der Waals surface area contributed by atoms with E-state index in [9.17, 15) is 4.79 Å². The molecule has 3 rings (SSSR count). The van der Waals surface area contributed by atoms with E-state index in [0.29, 0.717) is 17.3 Å². The lowest BCUT2D eigenvalue weighted by Gasteiger charge is -2.59. The van der Waals surface area contributed by atoms with E-state index in [1.54, 1.807) is 0 Å². The van der Waals surface area contributed by atoms with Crippen molar-refractivity contribution in [3.8, 4) is 0 Å². The van der Waals surface area contributed by atoms with Gasteiger partial charge in [-0.15, -0.1) is 0 Å². The summed E-state index contributed by atoms with van der Waals surface area (Å²) in [5.74, 6) is 1.12. The summed E-state index contributed by atoms with van der Waals surface area (Å²) in [4.78, 5) is 11.6. The van der Waals surface area contributed by atoms with Crippen molar-refractivity contribution in [2.45, 2.75) is 46.6 Å². The molecule has 0 aliphatic heterocycles. The molecular formula is C14H22O2. The monoisotopic (exact) mass is 222 g/mol. The van der Waals surface area contributed by atoms with E-state index in [0.717, 1.165) is 12.0 Å². The van der Waals surface area contributed by atoms with Crippen molar-refractivity contribution in [3.63, 3.8) is 0 Å². The Labute approximate surface area is 98.1 Å². The summed E-state index contributed by atoms with van der Waals surface area (Å²) in [5, 5.41) is 0. The number of hydrogen-bond donors (Lipinski definition) is 0. The molecule has 3 atom stereocenters. The Morgan fingerprint density at radius 3 is 2.50 bits per heavy atom. The van der Waals surface area contributed by atoms with E-state index in [1.165, 1.54) is 6.42 Å². The molecule has 3 aliphatic carbocycles. The van der Waals surface area contributed by atoms with Gasteiger partial charge in [-0.2, -0.15) is 0 Å². The van der Waals surface area contributed by atoms with Gasteiger partial charge >= 0.3 is 5.97 Å². The van der Waals surface area contributed by atoms with E-state index in [1.807, 2.05) is 13.8 Å². The van der Waals surface area contributed by atoms with E-state index in [4.69, 9.17) is 4.74 Å². The Hall–Kier alpha value is -0.790. The van der Waals surface area contributed by atoms with Crippen LogP contribution in [0.25, 0.3) is 0 Å². The third-order valence-electron chi connectivity index (χ3n) is 4.56. The number of rotatable bonds is 2. The van der Waals surface area contributed by atoms with Gasteiger partial charge in [0.2, 0.25) is 0 Å². The van der Waals surface area contributed by atoms with Crippen LogP contribution < -0.4 is 0 Å². The Balaban J connectivity index is 2.01. The second-order valence-corrected chi connectivity index (χ2v) is 6.20. The zero-order chi connectivity index (χ0) is 12.1. The molecule has 0 N–H and O–H groups in total. The van der Waals surface area contributed by atoms with Crippen molar-refractivity contribution in [2.24, 2.45) is 23.2 Å². The van der Waals surface area contributed by atoms with Crippen LogP contribution in [0.2, 0.25) is 0 Å². The lowest BCUT2D eigenvalue weighted by atomic mass is 9.47. The van der Waals surface area contributed by atoms with Crippen LogP contribution in [0, 0.1) is 23.2 Å². The molecule has 2 bridgehead atoms. The van der Waals surface area contributed by atoms with Gasteiger partial charge in [-0.1, -0.05) is 34.3 Å². The highest BCUT2D eigenvalue weighted by Crippen LogP contribution is 2.61. The fourth-order valence-corrected chi connectivity index (χ4v) is 3.08. The van der Waals surface area contributed by atoms with Crippen LogP contribution in [-0.2, 0) is 9.53 Å². The van der Waals surface area contributed by atoms with Gasteiger partial charge in [0, 0.05) is 0 Å². The number of ether oxygens (including phenoxy) is 1. The predicted molar refractivity (Wildman–Crippen MR) is 63.9 cm³/mol. The van der Waals surface area contributed by atoms with Crippen molar-refractivity contribution in [2.75, 3.05) is 0 Å². The summed E-state index contributed by atoms with van der Waals surface area (Å²) >= 11 is 0. The fraction of sp³-hybridized carbons (Fsp3) is 0.786. The maximum Gasteiger partial charge on any atom is 0.308 e. The molecule has 0 radical (unpaired) electrons. The van der Waals surface area contributed by atoms with Crippen LogP contribution in [0.5, 0.6) is 0 Å². The van der Waals surface area contributed by atoms with Crippen molar-refractivity contribution in [1.29, 1.82) is 0 Å². The molecule has 3 unspecified atom stereocenters. The summed E-state index contributed by atoms with van der Waals surface area (Å²) in [5.41, 5.74) is 1.51. The van der Waals surface area contributed by atoms with E-state index < -0.39 is 0 Å². The predicted octanol–water partition coefficient (Wildman–Crippen LogP) is 3.18. The van der Waals surface area contributed by atoms with Crippen molar-refractivity contribution in [1.82, 2.24) is 0 Å². The number of carbonyl (C=O) groups excluding carboxylic acids is 1. The highest BCUT2D eigenvalue weighted by molar-refractivity contribution is 5.72.